The number of carbonyl (C=O) groups is 2. The fraction of sp³-hybridized carbons (Fsp3) is 0.500. The first kappa shape index (κ1) is 15.2. The zero-order valence-electron chi connectivity index (χ0n) is 13.7. The van der Waals surface area contributed by atoms with Crippen LogP contribution >= 0.6 is 0 Å². The van der Waals surface area contributed by atoms with E-state index in [1.54, 1.807) is 0 Å². The number of hydrogen-bond donors (Lipinski definition) is 1. The van der Waals surface area contributed by atoms with Gasteiger partial charge < -0.3 is 14.5 Å². The minimum atomic E-state index is -0.558. The Balaban J connectivity index is 1.46. The number of carbonyl (C=O) groups excluding carboxylic acids is 2. The molecular weight excluding hydrogens is 306 g/mol. The summed E-state index contributed by atoms with van der Waals surface area (Å²) in [5.74, 6) is -0.719. The molecule has 1 aliphatic carbocycles. The summed E-state index contributed by atoms with van der Waals surface area (Å²) in [6.45, 7) is 2.39. The molecule has 4 rings (SSSR count). The highest BCUT2D eigenvalue weighted by molar-refractivity contribution is 5.87. The summed E-state index contributed by atoms with van der Waals surface area (Å²) in [4.78, 5) is 28.8. The van der Waals surface area contributed by atoms with Crippen molar-refractivity contribution in [1.82, 2.24) is 14.7 Å². The predicted molar refractivity (Wildman–Crippen MR) is 87.2 cm³/mol. The van der Waals surface area contributed by atoms with Gasteiger partial charge in [-0.2, -0.15) is 0 Å². The topological polar surface area (TPSA) is 72.7 Å². The van der Waals surface area contributed by atoms with Crippen molar-refractivity contribution in [2.75, 3.05) is 0 Å². The second kappa shape index (κ2) is 5.61. The summed E-state index contributed by atoms with van der Waals surface area (Å²) < 4.78 is 7.49. The van der Waals surface area contributed by atoms with Crippen LogP contribution in [0.4, 0.5) is 0 Å². The molecule has 1 aliphatic heterocycles. The van der Waals surface area contributed by atoms with E-state index in [2.05, 4.69) is 10.3 Å². The molecule has 2 aromatic heterocycles. The molecule has 2 aliphatic rings. The molecule has 2 aromatic rings. The minimum absolute atomic E-state index is 0.101. The Morgan fingerprint density at radius 2 is 2.17 bits per heavy atom. The van der Waals surface area contributed by atoms with Gasteiger partial charge in [-0.15, -0.1) is 0 Å². The van der Waals surface area contributed by atoms with Crippen LogP contribution in [-0.2, 0) is 20.9 Å². The van der Waals surface area contributed by atoms with Gasteiger partial charge in [0, 0.05) is 12.4 Å². The first-order valence-electron chi connectivity index (χ1n) is 8.50. The minimum Gasteiger partial charge on any atom is -0.458 e. The number of nitrogens with one attached hydrogen (secondary N) is 1. The van der Waals surface area contributed by atoms with Crippen molar-refractivity contribution < 1.29 is 14.3 Å². The number of esters is 1. The molecule has 6 nitrogen and oxygen atoms in total. The molecule has 3 heterocycles. The third-order valence-electron chi connectivity index (χ3n) is 5.18. The van der Waals surface area contributed by atoms with Crippen molar-refractivity contribution in [2.24, 2.45) is 5.92 Å². The largest absolute Gasteiger partial charge is 0.458 e. The molecule has 1 saturated carbocycles. The lowest BCUT2D eigenvalue weighted by Crippen LogP contribution is -2.42. The number of pyridine rings is 1. The van der Waals surface area contributed by atoms with E-state index >= 15 is 0 Å². The molecule has 1 N–H and O–H groups in total. The number of amides is 1. The Labute approximate surface area is 140 Å². The van der Waals surface area contributed by atoms with Gasteiger partial charge in [-0.1, -0.05) is 6.07 Å². The third-order valence-corrected chi connectivity index (χ3v) is 5.18. The SMILES string of the molecule is Cc1ccc2nc(CNC(=O)[C@H]3CC(=O)OC34CCCC4)cn2c1. The summed E-state index contributed by atoms with van der Waals surface area (Å²) >= 11 is 0. The van der Waals surface area contributed by atoms with Crippen molar-refractivity contribution >= 4 is 17.5 Å². The van der Waals surface area contributed by atoms with Crippen molar-refractivity contribution in [3.05, 3.63) is 35.8 Å². The van der Waals surface area contributed by atoms with Crippen molar-refractivity contribution in [1.29, 1.82) is 0 Å². The zero-order valence-corrected chi connectivity index (χ0v) is 13.7. The molecule has 6 heteroatoms. The monoisotopic (exact) mass is 327 g/mol. The van der Waals surface area contributed by atoms with E-state index in [0.717, 1.165) is 42.6 Å². The molecule has 1 amide bonds. The van der Waals surface area contributed by atoms with Crippen LogP contribution in [0.5, 0.6) is 0 Å². The van der Waals surface area contributed by atoms with E-state index in [4.69, 9.17) is 4.74 Å². The normalized spacial score (nSPS) is 22.2. The maximum absolute atomic E-state index is 12.6. The van der Waals surface area contributed by atoms with Gasteiger partial charge in [0.15, 0.2) is 0 Å². The van der Waals surface area contributed by atoms with E-state index in [-0.39, 0.29) is 24.2 Å². The first-order chi connectivity index (χ1) is 11.6. The zero-order chi connectivity index (χ0) is 16.7. The van der Waals surface area contributed by atoms with Crippen LogP contribution in [0.15, 0.2) is 24.5 Å². The number of ether oxygens (including phenoxy) is 1. The summed E-state index contributed by atoms with van der Waals surface area (Å²) in [5.41, 5.74) is 2.26. The van der Waals surface area contributed by atoms with Gasteiger partial charge in [0.1, 0.15) is 11.2 Å². The number of aryl methyl sites for hydroxylation is 1. The van der Waals surface area contributed by atoms with E-state index in [9.17, 15) is 9.59 Å². The van der Waals surface area contributed by atoms with E-state index < -0.39 is 5.60 Å². The lowest BCUT2D eigenvalue weighted by atomic mass is 9.85. The van der Waals surface area contributed by atoms with Gasteiger partial charge in [-0.3, -0.25) is 9.59 Å². The van der Waals surface area contributed by atoms with Gasteiger partial charge in [0.05, 0.1) is 24.6 Å². The Bertz CT molecular complexity index is 805. The van der Waals surface area contributed by atoms with Crippen LogP contribution in [0.1, 0.15) is 43.4 Å². The van der Waals surface area contributed by atoms with Gasteiger partial charge in [0.25, 0.3) is 0 Å². The second-order valence-corrected chi connectivity index (χ2v) is 6.92. The summed E-state index contributed by atoms with van der Waals surface area (Å²) in [6.07, 6.45) is 7.74. The van der Waals surface area contributed by atoms with Crippen LogP contribution in [0.3, 0.4) is 0 Å². The first-order valence-corrected chi connectivity index (χ1v) is 8.50. The number of fused-ring (bicyclic) bond motifs is 1. The summed E-state index contributed by atoms with van der Waals surface area (Å²) in [7, 11) is 0. The molecule has 126 valence electrons. The Kier molecular flexibility index (Phi) is 3.55. The molecule has 0 radical (unpaired) electrons. The number of aromatic nitrogens is 2. The fourth-order valence-electron chi connectivity index (χ4n) is 3.99. The van der Waals surface area contributed by atoms with E-state index in [0.29, 0.717) is 6.54 Å². The average molecular weight is 327 g/mol. The molecular formula is C18H21N3O3. The molecule has 0 unspecified atom stereocenters. The molecule has 2 fully saturated rings. The van der Waals surface area contributed by atoms with Crippen LogP contribution in [0.2, 0.25) is 0 Å². The molecule has 24 heavy (non-hydrogen) atoms. The Morgan fingerprint density at radius 3 is 2.96 bits per heavy atom. The molecule has 1 spiro atoms. The maximum atomic E-state index is 12.6. The third kappa shape index (κ3) is 2.56. The standard InChI is InChI=1S/C18H21N3O3/c1-12-4-5-15-20-13(11-21(15)10-12)9-19-17(23)14-8-16(22)24-18(14)6-2-3-7-18/h4-5,10-11,14H,2-3,6-9H2,1H3,(H,19,23)/t14-/m1/s1. The van der Waals surface area contributed by atoms with Gasteiger partial charge in [-0.25, -0.2) is 4.98 Å². The van der Waals surface area contributed by atoms with Crippen LogP contribution in [0, 0.1) is 12.8 Å². The Morgan fingerprint density at radius 1 is 1.38 bits per heavy atom. The highest BCUT2D eigenvalue weighted by atomic mass is 16.6. The lowest BCUT2D eigenvalue weighted by Gasteiger charge is -2.27. The number of nitrogens with zero attached hydrogens (tertiary/aromatic N) is 2. The average Bonchev–Trinajstić information content (AvgIpc) is 3.24. The second-order valence-electron chi connectivity index (χ2n) is 6.92. The number of rotatable bonds is 3. The lowest BCUT2D eigenvalue weighted by molar-refractivity contribution is -0.149. The van der Waals surface area contributed by atoms with Crippen LogP contribution in [0.25, 0.3) is 5.65 Å². The highest BCUT2D eigenvalue weighted by Crippen LogP contribution is 2.45. The number of hydrogen-bond acceptors (Lipinski definition) is 4. The predicted octanol–water partition coefficient (Wildman–Crippen LogP) is 2.13. The van der Waals surface area contributed by atoms with Crippen molar-refractivity contribution in [3.63, 3.8) is 0 Å². The summed E-state index contributed by atoms with van der Waals surface area (Å²) in [6, 6.07) is 3.97. The number of imidazole rings is 1. The fourth-order valence-corrected chi connectivity index (χ4v) is 3.99. The molecule has 0 bridgehead atoms. The van der Waals surface area contributed by atoms with Gasteiger partial charge in [0.2, 0.25) is 5.91 Å². The van der Waals surface area contributed by atoms with Crippen molar-refractivity contribution in [2.45, 2.75) is 51.2 Å². The van der Waals surface area contributed by atoms with Crippen molar-refractivity contribution in [3.8, 4) is 0 Å². The van der Waals surface area contributed by atoms with Crippen LogP contribution in [-0.4, -0.2) is 26.9 Å². The molecule has 0 aromatic carbocycles. The summed E-state index contributed by atoms with van der Waals surface area (Å²) in [5, 5.41) is 2.94. The highest BCUT2D eigenvalue weighted by Gasteiger charge is 2.53. The smallest absolute Gasteiger partial charge is 0.307 e. The Hall–Kier alpha value is -2.37. The van der Waals surface area contributed by atoms with Crippen LogP contribution < -0.4 is 5.32 Å². The van der Waals surface area contributed by atoms with Gasteiger partial charge in [-0.05, 0) is 44.2 Å². The maximum Gasteiger partial charge on any atom is 0.307 e. The van der Waals surface area contributed by atoms with E-state index in [1.807, 2.05) is 35.9 Å². The quantitative estimate of drug-likeness (QED) is 0.877. The van der Waals surface area contributed by atoms with Gasteiger partial charge >= 0.3 is 5.97 Å². The van der Waals surface area contributed by atoms with E-state index in [1.165, 1.54) is 0 Å². The molecule has 1 atom stereocenters. The molecule has 1 saturated heterocycles.